The zero-order valence-corrected chi connectivity index (χ0v) is 13.9. The third kappa shape index (κ3) is 3.40. The number of amides is 1. The van der Waals surface area contributed by atoms with Gasteiger partial charge in [0.1, 0.15) is 5.75 Å². The van der Waals surface area contributed by atoms with Gasteiger partial charge in [-0.25, -0.2) is 15.0 Å². The molecule has 7 nitrogen and oxygen atoms in total. The van der Waals surface area contributed by atoms with E-state index in [1.165, 1.54) is 0 Å². The van der Waals surface area contributed by atoms with Gasteiger partial charge < -0.3 is 15.8 Å². The van der Waals surface area contributed by atoms with E-state index in [-0.39, 0.29) is 0 Å². The van der Waals surface area contributed by atoms with E-state index in [1.54, 1.807) is 56.7 Å². The molecule has 1 aromatic carbocycles. The van der Waals surface area contributed by atoms with Crippen molar-refractivity contribution in [2.45, 2.75) is 6.92 Å². The van der Waals surface area contributed by atoms with Gasteiger partial charge in [-0.15, -0.1) is 0 Å². The average Bonchev–Trinajstić information content (AvgIpc) is 2.63. The number of carbonyl (C=O) groups is 1. The number of carbonyl (C=O) groups excluding carboxylic acids is 1. The first-order chi connectivity index (χ1) is 12.1. The molecule has 3 rings (SSSR count). The Hall–Kier alpha value is -3.48. The molecule has 0 saturated heterocycles. The van der Waals surface area contributed by atoms with Gasteiger partial charge >= 0.3 is 0 Å². The molecule has 0 bridgehead atoms. The molecule has 25 heavy (non-hydrogen) atoms. The van der Waals surface area contributed by atoms with Crippen LogP contribution in [0.4, 0.5) is 5.95 Å². The van der Waals surface area contributed by atoms with Gasteiger partial charge in [0.2, 0.25) is 17.7 Å². The number of rotatable bonds is 5. The van der Waals surface area contributed by atoms with E-state index in [4.69, 9.17) is 10.5 Å². The van der Waals surface area contributed by atoms with Crippen molar-refractivity contribution in [2.24, 2.45) is 5.73 Å². The minimum absolute atomic E-state index is 0.382. The zero-order valence-electron chi connectivity index (χ0n) is 13.9. The quantitative estimate of drug-likeness (QED) is 0.743. The largest absolute Gasteiger partial charge is 0.438 e. The maximum atomic E-state index is 11.5. The Balaban J connectivity index is 2.03. The summed E-state index contributed by atoms with van der Waals surface area (Å²) in [5, 5.41) is 2.90. The van der Waals surface area contributed by atoms with E-state index in [0.717, 1.165) is 0 Å². The van der Waals surface area contributed by atoms with Gasteiger partial charge in [-0.1, -0.05) is 6.07 Å². The fraction of sp³-hybridized carbons (Fsp3) is 0.111. The molecule has 1 amide bonds. The van der Waals surface area contributed by atoms with Crippen LogP contribution in [0.2, 0.25) is 0 Å². The maximum absolute atomic E-state index is 11.5. The summed E-state index contributed by atoms with van der Waals surface area (Å²) >= 11 is 0. The third-order valence-corrected chi connectivity index (χ3v) is 3.68. The van der Waals surface area contributed by atoms with Crippen molar-refractivity contribution in [3.05, 3.63) is 59.9 Å². The third-order valence-electron chi connectivity index (χ3n) is 3.68. The normalized spacial score (nSPS) is 10.3. The predicted octanol–water partition coefficient (Wildman–Crippen LogP) is 2.78. The van der Waals surface area contributed by atoms with Crippen LogP contribution >= 0.6 is 0 Å². The van der Waals surface area contributed by atoms with Crippen molar-refractivity contribution in [1.29, 1.82) is 0 Å². The topological polar surface area (TPSA) is 103 Å². The molecule has 126 valence electrons. The van der Waals surface area contributed by atoms with Gasteiger partial charge in [-0.05, 0) is 37.3 Å². The minimum Gasteiger partial charge on any atom is -0.438 e. The van der Waals surface area contributed by atoms with Crippen molar-refractivity contribution < 1.29 is 9.53 Å². The zero-order chi connectivity index (χ0) is 17.8. The van der Waals surface area contributed by atoms with Gasteiger partial charge in [-0.2, -0.15) is 0 Å². The Morgan fingerprint density at radius 1 is 1.12 bits per heavy atom. The van der Waals surface area contributed by atoms with Crippen molar-refractivity contribution in [3.63, 3.8) is 0 Å². The maximum Gasteiger partial charge on any atom is 0.249 e. The molecule has 0 radical (unpaired) electrons. The van der Waals surface area contributed by atoms with E-state index in [1.807, 2.05) is 6.07 Å². The van der Waals surface area contributed by atoms with Crippen molar-refractivity contribution in [1.82, 2.24) is 15.0 Å². The van der Waals surface area contributed by atoms with Crippen LogP contribution in [0.3, 0.4) is 0 Å². The molecule has 7 heteroatoms. The number of primary amides is 1. The first kappa shape index (κ1) is 16.4. The molecular formula is C18H17N5O2. The van der Waals surface area contributed by atoms with E-state index in [2.05, 4.69) is 20.3 Å². The number of anilines is 1. The van der Waals surface area contributed by atoms with Gasteiger partial charge in [0.25, 0.3) is 0 Å². The number of hydrogen-bond donors (Lipinski definition) is 2. The molecule has 0 aliphatic carbocycles. The summed E-state index contributed by atoms with van der Waals surface area (Å²) in [5.41, 5.74) is 7.85. The minimum atomic E-state index is -0.501. The van der Waals surface area contributed by atoms with Crippen LogP contribution in [0.15, 0.2) is 48.8 Å². The molecule has 3 N–H and O–H groups in total. The molecule has 3 aromatic rings. The fourth-order valence-electron chi connectivity index (χ4n) is 2.39. The Kier molecular flexibility index (Phi) is 4.56. The highest BCUT2D eigenvalue weighted by atomic mass is 16.5. The fourth-order valence-corrected chi connectivity index (χ4v) is 2.39. The monoisotopic (exact) mass is 335 g/mol. The van der Waals surface area contributed by atoms with Gasteiger partial charge in [0, 0.05) is 30.6 Å². The number of nitrogens with one attached hydrogen (secondary N) is 1. The standard InChI is InChI=1S/C18H17N5O2/c1-11-12(16(19)24)5-3-7-15(11)25-17-13(6-4-9-21-17)14-8-10-22-18(20-2)23-14/h3-10H,1-2H3,(H2,19,24)(H,20,22,23). The SMILES string of the molecule is CNc1nccc(-c2cccnc2Oc2cccc(C(N)=O)c2C)n1. The highest BCUT2D eigenvalue weighted by Crippen LogP contribution is 2.32. The molecule has 0 aliphatic rings. The predicted molar refractivity (Wildman–Crippen MR) is 94.6 cm³/mol. The van der Waals surface area contributed by atoms with Crippen molar-refractivity contribution in [2.75, 3.05) is 12.4 Å². The smallest absolute Gasteiger partial charge is 0.249 e. The van der Waals surface area contributed by atoms with Crippen LogP contribution in [0.25, 0.3) is 11.3 Å². The number of nitrogens with zero attached hydrogens (tertiary/aromatic N) is 3. The van der Waals surface area contributed by atoms with Gasteiger partial charge in [0.05, 0.1) is 11.3 Å². The summed E-state index contributed by atoms with van der Waals surface area (Å²) in [6, 6.07) is 10.6. The Morgan fingerprint density at radius 2 is 1.96 bits per heavy atom. The summed E-state index contributed by atoms with van der Waals surface area (Å²) in [4.78, 5) is 24.3. The number of benzene rings is 1. The first-order valence-corrected chi connectivity index (χ1v) is 7.63. The van der Waals surface area contributed by atoms with E-state index < -0.39 is 5.91 Å². The summed E-state index contributed by atoms with van der Waals surface area (Å²) in [6.07, 6.45) is 3.29. The molecule has 2 aromatic heterocycles. The number of pyridine rings is 1. The second-order valence-corrected chi connectivity index (χ2v) is 5.27. The van der Waals surface area contributed by atoms with Crippen LogP contribution in [0.5, 0.6) is 11.6 Å². The lowest BCUT2D eigenvalue weighted by molar-refractivity contribution is 0.0999. The molecule has 0 saturated carbocycles. The summed E-state index contributed by atoms with van der Waals surface area (Å²) < 4.78 is 5.96. The Bertz CT molecular complexity index is 927. The molecular weight excluding hydrogens is 318 g/mol. The van der Waals surface area contributed by atoms with Gasteiger partial charge in [-0.3, -0.25) is 4.79 Å². The second-order valence-electron chi connectivity index (χ2n) is 5.27. The molecule has 2 heterocycles. The summed E-state index contributed by atoms with van der Waals surface area (Å²) in [5.74, 6) is 0.894. The lowest BCUT2D eigenvalue weighted by Crippen LogP contribution is -2.12. The van der Waals surface area contributed by atoms with Gasteiger partial charge in [0.15, 0.2) is 0 Å². The van der Waals surface area contributed by atoms with Crippen molar-refractivity contribution >= 4 is 11.9 Å². The van der Waals surface area contributed by atoms with Crippen LogP contribution in [-0.4, -0.2) is 27.9 Å². The van der Waals surface area contributed by atoms with E-state index in [0.29, 0.717) is 40.0 Å². The first-order valence-electron chi connectivity index (χ1n) is 7.63. The molecule has 0 fully saturated rings. The summed E-state index contributed by atoms with van der Waals surface area (Å²) in [7, 11) is 1.75. The van der Waals surface area contributed by atoms with E-state index >= 15 is 0 Å². The summed E-state index contributed by atoms with van der Waals surface area (Å²) in [6.45, 7) is 1.78. The Labute approximate surface area is 144 Å². The lowest BCUT2D eigenvalue weighted by atomic mass is 10.1. The number of ether oxygens (including phenoxy) is 1. The van der Waals surface area contributed by atoms with Crippen LogP contribution < -0.4 is 15.8 Å². The number of nitrogens with two attached hydrogens (primary N) is 1. The van der Waals surface area contributed by atoms with Crippen molar-refractivity contribution in [3.8, 4) is 22.9 Å². The second kappa shape index (κ2) is 6.96. The molecule has 0 spiro atoms. The Morgan fingerprint density at radius 3 is 2.72 bits per heavy atom. The lowest BCUT2D eigenvalue weighted by Gasteiger charge is -2.13. The number of aromatic nitrogens is 3. The van der Waals surface area contributed by atoms with E-state index in [9.17, 15) is 4.79 Å². The highest BCUT2D eigenvalue weighted by Gasteiger charge is 2.14. The van der Waals surface area contributed by atoms with Crippen LogP contribution in [0, 0.1) is 6.92 Å². The molecule has 0 unspecified atom stereocenters. The molecule has 0 aliphatic heterocycles. The highest BCUT2D eigenvalue weighted by molar-refractivity contribution is 5.94. The van der Waals surface area contributed by atoms with Crippen LogP contribution in [0.1, 0.15) is 15.9 Å². The average molecular weight is 335 g/mol. The number of hydrogen-bond acceptors (Lipinski definition) is 6. The molecule has 0 atom stereocenters. The van der Waals surface area contributed by atoms with Crippen LogP contribution in [-0.2, 0) is 0 Å².